The van der Waals surface area contributed by atoms with Gasteiger partial charge in [-0.25, -0.2) is 0 Å². The molecule has 0 bridgehead atoms. The Morgan fingerprint density at radius 1 is 1.38 bits per heavy atom. The molecule has 0 aromatic rings. The first-order chi connectivity index (χ1) is 2.89. The van der Waals surface area contributed by atoms with Crippen molar-refractivity contribution in [2.24, 2.45) is 0 Å². The van der Waals surface area contributed by atoms with E-state index in [-0.39, 0.29) is 9.41 Å². The molecule has 0 saturated heterocycles. The molecule has 0 atom stereocenters. The molecule has 0 nitrogen and oxygen atoms in total. The fourth-order valence-electron chi connectivity index (χ4n) is 0.447. The summed E-state index contributed by atoms with van der Waals surface area (Å²) in [5.74, 6) is 0. The van der Waals surface area contributed by atoms with E-state index in [0.29, 0.717) is 0 Å². The van der Waals surface area contributed by atoms with Gasteiger partial charge in [-0.3, -0.25) is 9.41 Å². The summed E-state index contributed by atoms with van der Waals surface area (Å²) in [6.45, 7) is 0. The van der Waals surface area contributed by atoms with Crippen molar-refractivity contribution in [1.29, 1.82) is 0 Å². The average molecular weight is 284 g/mol. The van der Waals surface area contributed by atoms with Crippen LogP contribution in [0.3, 0.4) is 0 Å². The molecule has 0 aromatic heterocycles. The molecule has 1 rings (SSSR count). The van der Waals surface area contributed by atoms with Crippen molar-refractivity contribution in [2.45, 2.75) is 6.42 Å². The summed E-state index contributed by atoms with van der Waals surface area (Å²) in [6, 6.07) is 0. The van der Waals surface area contributed by atoms with Crippen molar-refractivity contribution >= 4 is 0 Å². The Morgan fingerprint density at radius 2 is 2.00 bits per heavy atom. The zero-order chi connectivity index (χ0) is 4.41. The van der Waals surface area contributed by atoms with Crippen molar-refractivity contribution in [2.75, 3.05) is 0 Å². The number of rotatable bonds is 0. The van der Waals surface area contributed by atoms with Gasteiger partial charge in [0.05, 0.1) is 0 Å². The van der Waals surface area contributed by atoms with Gasteiger partial charge in [-0.2, -0.15) is 0 Å². The van der Waals surface area contributed by atoms with Crippen LogP contribution in [0.5, 0.6) is 0 Å². The summed E-state index contributed by atoms with van der Waals surface area (Å²) < 4.78 is 1.61. The van der Waals surface area contributed by atoms with Crippen LogP contribution in [0.25, 0.3) is 0 Å². The first-order valence-electron chi connectivity index (χ1n) is 1.97. The zero-order valence-corrected chi connectivity index (χ0v) is 7.85. The second kappa shape index (κ2) is 5.35. The minimum atomic E-state index is 0. The summed E-state index contributed by atoms with van der Waals surface area (Å²) in [5, 5.41) is 0. The maximum atomic E-state index is 2.20. The molecule has 0 aliphatic heterocycles. The number of hydrogen-bond donors (Lipinski definition) is 0. The molecule has 0 spiro atoms. The molecular formula is C5H7F2Hf. The van der Waals surface area contributed by atoms with Crippen molar-refractivity contribution < 1.29 is 33.8 Å². The standard InChI is InChI=1S/C5H5.2FH.Hf/c1-2-4-5-3-1;;;/h1-3H,4H2;2*1H;. The SMILES string of the molecule is F.F.[Hf][C]1=CC=CC1. The molecule has 0 amide bonds. The van der Waals surface area contributed by atoms with E-state index in [0.717, 1.165) is 0 Å². The fourth-order valence-corrected chi connectivity index (χ4v) is 1.22. The molecule has 45 valence electrons. The molecule has 0 aromatic carbocycles. The van der Waals surface area contributed by atoms with E-state index >= 15 is 0 Å². The fraction of sp³-hybridized carbons (Fsp3) is 0.200. The number of halogens is 2. The molecular weight excluding hydrogens is 277 g/mol. The van der Waals surface area contributed by atoms with Gasteiger partial charge >= 0.3 is 52.4 Å². The normalized spacial score (nSPS) is 13.6. The molecule has 0 saturated carbocycles. The summed E-state index contributed by atoms with van der Waals surface area (Å²) in [7, 11) is 0. The maximum absolute atomic E-state index is 2.20. The van der Waals surface area contributed by atoms with Crippen molar-refractivity contribution in [1.82, 2.24) is 0 Å². The second-order valence-electron chi connectivity index (χ2n) is 1.32. The van der Waals surface area contributed by atoms with E-state index in [2.05, 4.69) is 18.2 Å². The van der Waals surface area contributed by atoms with Gasteiger partial charge in [0.15, 0.2) is 0 Å². The Balaban J connectivity index is 0. The minimum absolute atomic E-state index is 0. The van der Waals surface area contributed by atoms with Crippen LogP contribution in [-0.2, 0) is 24.4 Å². The van der Waals surface area contributed by atoms with Gasteiger partial charge in [-0.05, 0) is 0 Å². The van der Waals surface area contributed by atoms with Crippen LogP contribution in [0, 0.1) is 0 Å². The van der Waals surface area contributed by atoms with Crippen molar-refractivity contribution in [3.8, 4) is 0 Å². The molecule has 0 radical (unpaired) electrons. The van der Waals surface area contributed by atoms with Crippen LogP contribution in [-0.4, -0.2) is 0 Å². The van der Waals surface area contributed by atoms with Gasteiger partial charge in [0, 0.05) is 0 Å². The van der Waals surface area contributed by atoms with Gasteiger partial charge in [0.2, 0.25) is 0 Å². The van der Waals surface area contributed by atoms with E-state index in [1.807, 2.05) is 0 Å². The van der Waals surface area contributed by atoms with Crippen LogP contribution in [0.4, 0.5) is 9.41 Å². The quantitative estimate of drug-likeness (QED) is 0.594. The third-order valence-corrected chi connectivity index (χ3v) is 2.10. The van der Waals surface area contributed by atoms with E-state index < -0.39 is 0 Å². The van der Waals surface area contributed by atoms with Crippen LogP contribution < -0.4 is 0 Å². The molecule has 3 heteroatoms. The van der Waals surface area contributed by atoms with E-state index in [1.165, 1.54) is 30.8 Å². The predicted octanol–water partition coefficient (Wildman–Crippen LogP) is 1.68. The summed E-state index contributed by atoms with van der Waals surface area (Å²) in [4.78, 5) is 0. The van der Waals surface area contributed by atoms with Crippen LogP contribution in [0.2, 0.25) is 0 Å². The summed E-state index contributed by atoms with van der Waals surface area (Å²) >= 11 is 1.25. The first-order valence-corrected chi connectivity index (χ1v) is 3.76. The van der Waals surface area contributed by atoms with Crippen LogP contribution in [0.15, 0.2) is 21.6 Å². The topological polar surface area (TPSA) is 0 Å². The summed E-state index contributed by atoms with van der Waals surface area (Å²) in [6.07, 6.45) is 7.75. The molecule has 1 aliphatic rings. The van der Waals surface area contributed by atoms with E-state index in [4.69, 9.17) is 0 Å². The van der Waals surface area contributed by atoms with E-state index in [1.54, 1.807) is 3.33 Å². The molecule has 8 heavy (non-hydrogen) atoms. The zero-order valence-electron chi connectivity index (χ0n) is 4.26. The van der Waals surface area contributed by atoms with Crippen LogP contribution in [0.1, 0.15) is 6.42 Å². The van der Waals surface area contributed by atoms with Crippen LogP contribution >= 0.6 is 0 Å². The average Bonchev–Trinajstić information content (AvgIpc) is 1.86. The number of allylic oxidation sites excluding steroid dienone is 4. The molecule has 0 N–H and O–H groups in total. The van der Waals surface area contributed by atoms with Gasteiger partial charge in [0.25, 0.3) is 0 Å². The molecule has 1 aliphatic carbocycles. The second-order valence-corrected chi connectivity index (χ2v) is 3.63. The van der Waals surface area contributed by atoms with Crippen molar-refractivity contribution in [3.05, 3.63) is 21.6 Å². The van der Waals surface area contributed by atoms with Gasteiger partial charge < -0.3 is 0 Å². The predicted molar refractivity (Wildman–Crippen MR) is 26.8 cm³/mol. The Kier molecular flexibility index (Phi) is 7.40. The molecule has 0 heterocycles. The monoisotopic (exact) mass is 285 g/mol. The van der Waals surface area contributed by atoms with Gasteiger partial charge in [-0.15, -0.1) is 0 Å². The molecule has 0 fully saturated rings. The number of hydrogen-bond acceptors (Lipinski definition) is 0. The van der Waals surface area contributed by atoms with E-state index in [9.17, 15) is 0 Å². The summed E-state index contributed by atoms with van der Waals surface area (Å²) in [5.41, 5.74) is 0. The molecule has 0 unspecified atom stereocenters. The Morgan fingerprint density at radius 3 is 2.12 bits per heavy atom. The third kappa shape index (κ3) is 3.24. The Bertz CT molecular complexity index is 107. The van der Waals surface area contributed by atoms with Gasteiger partial charge in [-0.1, -0.05) is 0 Å². The first kappa shape index (κ1) is 11.1. The Labute approximate surface area is 62.0 Å². The Hall–Kier alpha value is 0.210. The van der Waals surface area contributed by atoms with Crippen molar-refractivity contribution in [3.63, 3.8) is 0 Å². The van der Waals surface area contributed by atoms with Gasteiger partial charge in [0.1, 0.15) is 0 Å². The third-order valence-electron chi connectivity index (χ3n) is 0.771.